The van der Waals surface area contributed by atoms with E-state index >= 15 is 0 Å². The summed E-state index contributed by atoms with van der Waals surface area (Å²) in [6, 6.07) is 2.11. The van der Waals surface area contributed by atoms with Crippen LogP contribution in [0.25, 0.3) is 0 Å². The Hall–Kier alpha value is -1.38. The lowest BCUT2D eigenvalue weighted by molar-refractivity contribution is -0.118. The van der Waals surface area contributed by atoms with Crippen molar-refractivity contribution in [2.24, 2.45) is 7.05 Å². The fraction of sp³-hybridized carbons (Fsp3) is 0.500. The number of Topliss-reactive ketones (excluding diaryl/α,β-unsaturated/α-hetero) is 1. The van der Waals surface area contributed by atoms with E-state index < -0.39 is 0 Å². The van der Waals surface area contributed by atoms with Crippen molar-refractivity contribution in [3.8, 4) is 0 Å². The number of hydrogen-bond donors (Lipinski definition) is 0. The summed E-state index contributed by atoms with van der Waals surface area (Å²) >= 11 is 0. The van der Waals surface area contributed by atoms with Crippen molar-refractivity contribution in [3.63, 3.8) is 0 Å². The molecule has 0 bridgehead atoms. The number of allylic oxidation sites excluding steroid dienone is 2. The first-order valence-electron chi connectivity index (χ1n) is 5.34. The lowest BCUT2D eigenvalue weighted by atomic mass is 9.95. The van der Waals surface area contributed by atoms with Gasteiger partial charge in [-0.2, -0.15) is 5.10 Å². The Bertz CT molecular complexity index is 415. The maximum atomic E-state index is 11.1. The van der Waals surface area contributed by atoms with Crippen LogP contribution in [0.4, 0.5) is 0 Å². The smallest absolute Gasteiger partial charge is 0.136 e. The Balaban J connectivity index is 2.09. The minimum Gasteiger partial charge on any atom is -0.299 e. The molecule has 3 nitrogen and oxygen atoms in total. The van der Waals surface area contributed by atoms with Gasteiger partial charge in [-0.05, 0) is 19.4 Å². The zero-order chi connectivity index (χ0) is 10.8. The molecule has 1 heterocycles. The Morgan fingerprint density at radius 1 is 1.47 bits per heavy atom. The van der Waals surface area contributed by atoms with Gasteiger partial charge in [-0.15, -0.1) is 0 Å². The van der Waals surface area contributed by atoms with Crippen LogP contribution in [0.1, 0.15) is 30.7 Å². The Labute approximate surface area is 89.8 Å². The molecule has 0 atom stereocenters. The zero-order valence-corrected chi connectivity index (χ0v) is 9.29. The van der Waals surface area contributed by atoms with Gasteiger partial charge >= 0.3 is 0 Å². The molecule has 0 saturated heterocycles. The van der Waals surface area contributed by atoms with Gasteiger partial charge in [0.15, 0.2) is 0 Å². The number of carbonyl (C=O) groups excluding carboxylic acids is 1. The minimum atomic E-state index is 0.361. The van der Waals surface area contributed by atoms with Crippen molar-refractivity contribution in [1.82, 2.24) is 9.78 Å². The molecule has 0 N–H and O–H groups in total. The third-order valence-electron chi connectivity index (χ3n) is 2.85. The molecule has 0 unspecified atom stereocenters. The quantitative estimate of drug-likeness (QED) is 0.690. The minimum absolute atomic E-state index is 0.361. The van der Waals surface area contributed by atoms with Gasteiger partial charge in [-0.3, -0.25) is 9.48 Å². The highest BCUT2D eigenvalue weighted by Gasteiger charge is 2.12. The number of hydrogen-bond acceptors (Lipinski definition) is 2. The summed E-state index contributed by atoms with van der Waals surface area (Å²) in [6.07, 6.45) is 5.26. The van der Waals surface area contributed by atoms with Crippen molar-refractivity contribution >= 4 is 5.78 Å². The predicted molar refractivity (Wildman–Crippen MR) is 58.6 cm³/mol. The lowest BCUT2D eigenvalue weighted by Crippen LogP contribution is -2.07. The largest absolute Gasteiger partial charge is 0.299 e. The highest BCUT2D eigenvalue weighted by Crippen LogP contribution is 2.19. The molecule has 0 amide bonds. The second-order valence-electron chi connectivity index (χ2n) is 4.18. The molecular weight excluding hydrogens is 188 g/mol. The Kier molecular flexibility index (Phi) is 2.71. The first-order valence-corrected chi connectivity index (χ1v) is 5.34. The molecule has 0 aromatic carbocycles. The molecule has 1 aliphatic carbocycles. The molecule has 3 heteroatoms. The Morgan fingerprint density at radius 3 is 2.80 bits per heavy atom. The van der Waals surface area contributed by atoms with Gasteiger partial charge in [-0.1, -0.05) is 11.6 Å². The monoisotopic (exact) mass is 204 g/mol. The van der Waals surface area contributed by atoms with Crippen molar-refractivity contribution in [3.05, 3.63) is 29.1 Å². The van der Waals surface area contributed by atoms with Gasteiger partial charge < -0.3 is 0 Å². The van der Waals surface area contributed by atoms with E-state index in [4.69, 9.17) is 0 Å². The third-order valence-corrected chi connectivity index (χ3v) is 2.85. The number of aromatic nitrogens is 2. The van der Waals surface area contributed by atoms with Crippen LogP contribution in [-0.2, 0) is 18.3 Å². The summed E-state index contributed by atoms with van der Waals surface area (Å²) in [6.45, 7) is 2.00. The molecule has 0 radical (unpaired) electrons. The van der Waals surface area contributed by atoms with E-state index in [9.17, 15) is 4.79 Å². The van der Waals surface area contributed by atoms with Gasteiger partial charge in [0.1, 0.15) is 5.78 Å². The van der Waals surface area contributed by atoms with Gasteiger partial charge in [0, 0.05) is 32.0 Å². The topological polar surface area (TPSA) is 34.9 Å². The van der Waals surface area contributed by atoms with E-state index in [1.165, 1.54) is 11.3 Å². The van der Waals surface area contributed by atoms with Crippen LogP contribution in [0.5, 0.6) is 0 Å². The highest BCUT2D eigenvalue weighted by atomic mass is 16.1. The lowest BCUT2D eigenvalue weighted by Gasteiger charge is -2.11. The van der Waals surface area contributed by atoms with Crippen LogP contribution in [0.2, 0.25) is 0 Å². The third kappa shape index (κ3) is 2.35. The van der Waals surface area contributed by atoms with Crippen LogP contribution < -0.4 is 0 Å². The summed E-state index contributed by atoms with van der Waals surface area (Å²) in [7, 11) is 1.97. The van der Waals surface area contributed by atoms with E-state index in [1.54, 1.807) is 0 Å². The second kappa shape index (κ2) is 4.01. The summed E-state index contributed by atoms with van der Waals surface area (Å²) in [5.41, 5.74) is 3.66. The number of aryl methyl sites for hydroxylation is 2. The summed E-state index contributed by atoms with van der Waals surface area (Å²) in [4.78, 5) is 11.1. The average molecular weight is 204 g/mol. The van der Waals surface area contributed by atoms with Gasteiger partial charge in [0.2, 0.25) is 0 Å². The number of carbonyl (C=O) groups is 1. The van der Waals surface area contributed by atoms with Crippen LogP contribution >= 0.6 is 0 Å². The van der Waals surface area contributed by atoms with Gasteiger partial charge in [0.25, 0.3) is 0 Å². The maximum Gasteiger partial charge on any atom is 0.136 e. The molecule has 1 aliphatic rings. The first kappa shape index (κ1) is 10.1. The predicted octanol–water partition coefficient (Wildman–Crippen LogP) is 1.95. The molecule has 0 aliphatic heterocycles. The number of ketones is 1. The zero-order valence-electron chi connectivity index (χ0n) is 9.29. The Morgan fingerprint density at radius 2 is 2.27 bits per heavy atom. The molecule has 0 fully saturated rings. The molecule has 15 heavy (non-hydrogen) atoms. The molecule has 80 valence electrons. The molecular formula is C12H16N2O. The van der Waals surface area contributed by atoms with Crippen LogP contribution in [0.15, 0.2) is 17.7 Å². The normalized spacial score (nSPS) is 16.7. The van der Waals surface area contributed by atoms with E-state index in [1.807, 2.05) is 18.7 Å². The van der Waals surface area contributed by atoms with Crippen LogP contribution in [0.3, 0.4) is 0 Å². The van der Waals surface area contributed by atoms with Crippen molar-refractivity contribution in [1.29, 1.82) is 0 Å². The molecule has 1 aromatic heterocycles. The van der Waals surface area contributed by atoms with Crippen molar-refractivity contribution in [2.45, 2.75) is 32.6 Å². The van der Waals surface area contributed by atoms with E-state index in [0.29, 0.717) is 18.6 Å². The molecule has 0 saturated carbocycles. The van der Waals surface area contributed by atoms with Crippen molar-refractivity contribution < 1.29 is 4.79 Å². The van der Waals surface area contributed by atoms with Gasteiger partial charge in [0.05, 0.1) is 5.69 Å². The van der Waals surface area contributed by atoms with E-state index in [0.717, 1.165) is 18.5 Å². The number of rotatable bonds is 2. The van der Waals surface area contributed by atoms with Crippen LogP contribution in [0, 0.1) is 6.92 Å². The standard InChI is InChI=1S/C12H16N2O/c1-9-7-11(14(2)13-9)8-10-3-5-12(15)6-4-10/h3,7H,4-6,8H2,1-2H3. The van der Waals surface area contributed by atoms with E-state index in [-0.39, 0.29) is 0 Å². The fourth-order valence-electron chi connectivity index (χ4n) is 1.99. The second-order valence-corrected chi connectivity index (χ2v) is 4.18. The van der Waals surface area contributed by atoms with Gasteiger partial charge in [-0.25, -0.2) is 0 Å². The summed E-state index contributed by atoms with van der Waals surface area (Å²) < 4.78 is 1.92. The summed E-state index contributed by atoms with van der Waals surface area (Å²) in [5.74, 6) is 0.361. The number of nitrogens with zero attached hydrogens (tertiary/aromatic N) is 2. The molecule has 1 aromatic rings. The highest BCUT2D eigenvalue weighted by molar-refractivity contribution is 5.81. The van der Waals surface area contributed by atoms with Crippen LogP contribution in [-0.4, -0.2) is 15.6 Å². The summed E-state index contributed by atoms with van der Waals surface area (Å²) in [5, 5.41) is 4.31. The maximum absolute atomic E-state index is 11.1. The first-order chi connectivity index (χ1) is 7.15. The van der Waals surface area contributed by atoms with E-state index in [2.05, 4.69) is 17.2 Å². The molecule has 0 spiro atoms. The fourth-order valence-corrected chi connectivity index (χ4v) is 1.99. The average Bonchev–Trinajstić information content (AvgIpc) is 2.49. The SMILES string of the molecule is Cc1cc(CC2=CCC(=O)CC2)n(C)n1. The van der Waals surface area contributed by atoms with Crippen molar-refractivity contribution in [2.75, 3.05) is 0 Å². The molecule has 2 rings (SSSR count).